The summed E-state index contributed by atoms with van der Waals surface area (Å²) in [5.41, 5.74) is 4.66. The Morgan fingerprint density at radius 2 is 1.95 bits per heavy atom. The van der Waals surface area contributed by atoms with Crippen molar-refractivity contribution in [2.45, 2.75) is 71.3 Å². The third-order valence-electron chi connectivity index (χ3n) is 4.25. The molecule has 1 saturated carbocycles. The summed E-state index contributed by atoms with van der Waals surface area (Å²) >= 11 is 0. The van der Waals surface area contributed by atoms with Gasteiger partial charge in [-0.2, -0.15) is 0 Å². The summed E-state index contributed by atoms with van der Waals surface area (Å²) in [5, 5.41) is 3.61. The van der Waals surface area contributed by atoms with Gasteiger partial charge in [0, 0.05) is 6.04 Å². The van der Waals surface area contributed by atoms with E-state index in [-0.39, 0.29) is 5.41 Å². The summed E-state index contributed by atoms with van der Waals surface area (Å²) in [6.07, 6.45) is 4.01. The summed E-state index contributed by atoms with van der Waals surface area (Å²) in [6, 6.07) is 7.86. The fraction of sp³-hybridized carbons (Fsp3) is 0.667. The van der Waals surface area contributed by atoms with Crippen LogP contribution in [-0.4, -0.2) is 12.6 Å². The average molecular weight is 259 g/mol. The summed E-state index contributed by atoms with van der Waals surface area (Å²) in [5.74, 6) is 0.653. The van der Waals surface area contributed by atoms with Gasteiger partial charge in [0.25, 0.3) is 0 Å². The van der Waals surface area contributed by atoms with E-state index in [0.29, 0.717) is 5.92 Å². The first-order valence-corrected chi connectivity index (χ1v) is 7.72. The Balaban J connectivity index is 1.98. The molecule has 2 rings (SSSR count). The van der Waals surface area contributed by atoms with Crippen LogP contribution in [0.4, 0.5) is 0 Å². The monoisotopic (exact) mass is 259 g/mol. The molecule has 106 valence electrons. The minimum absolute atomic E-state index is 0.250. The van der Waals surface area contributed by atoms with Crippen LogP contribution in [0, 0.1) is 6.92 Å². The van der Waals surface area contributed by atoms with E-state index >= 15 is 0 Å². The van der Waals surface area contributed by atoms with Crippen LogP contribution in [0.3, 0.4) is 0 Å². The molecule has 1 aliphatic carbocycles. The number of hydrogen-bond acceptors (Lipinski definition) is 1. The predicted octanol–water partition coefficient (Wildman–Crippen LogP) is 4.54. The lowest BCUT2D eigenvalue weighted by Crippen LogP contribution is -2.19. The Hall–Kier alpha value is -0.820. The van der Waals surface area contributed by atoms with Crippen LogP contribution in [0.1, 0.15) is 69.6 Å². The third kappa shape index (κ3) is 4.07. The minimum atomic E-state index is 0.250. The van der Waals surface area contributed by atoms with E-state index in [9.17, 15) is 0 Å². The molecular weight excluding hydrogens is 230 g/mol. The number of nitrogens with one attached hydrogen (secondary N) is 1. The molecule has 1 aliphatic rings. The van der Waals surface area contributed by atoms with Crippen molar-refractivity contribution < 1.29 is 0 Å². The molecule has 0 aliphatic heterocycles. The summed E-state index contributed by atoms with van der Waals surface area (Å²) in [6.45, 7) is 12.6. The molecule has 1 fully saturated rings. The first-order chi connectivity index (χ1) is 8.88. The SMILES string of the molecule is Cc1cc(C(C)(C)C)ccc1C(C)CCNC1CC1. The van der Waals surface area contributed by atoms with Crippen LogP contribution in [0.2, 0.25) is 0 Å². The normalized spacial score (nSPS) is 17.5. The molecular formula is C18H29N. The zero-order valence-electron chi connectivity index (χ0n) is 13.2. The van der Waals surface area contributed by atoms with Crippen molar-refractivity contribution in [3.05, 3.63) is 34.9 Å². The van der Waals surface area contributed by atoms with Gasteiger partial charge in [-0.1, -0.05) is 45.9 Å². The second-order valence-corrected chi connectivity index (χ2v) is 7.24. The summed E-state index contributed by atoms with van der Waals surface area (Å²) in [7, 11) is 0. The average Bonchev–Trinajstić information content (AvgIpc) is 3.11. The van der Waals surface area contributed by atoms with Crippen LogP contribution >= 0.6 is 0 Å². The number of benzene rings is 1. The molecule has 1 aromatic rings. The third-order valence-corrected chi connectivity index (χ3v) is 4.25. The highest BCUT2D eigenvalue weighted by molar-refractivity contribution is 5.36. The molecule has 0 aromatic heterocycles. The zero-order valence-corrected chi connectivity index (χ0v) is 13.2. The van der Waals surface area contributed by atoms with Gasteiger partial charge in [0.15, 0.2) is 0 Å². The van der Waals surface area contributed by atoms with Crippen molar-refractivity contribution in [3.8, 4) is 0 Å². The fourth-order valence-electron chi connectivity index (χ4n) is 2.64. The van der Waals surface area contributed by atoms with Crippen LogP contribution in [-0.2, 0) is 5.41 Å². The molecule has 1 nitrogen and oxygen atoms in total. The lowest BCUT2D eigenvalue weighted by molar-refractivity contribution is 0.581. The van der Waals surface area contributed by atoms with E-state index in [1.54, 1.807) is 0 Å². The Morgan fingerprint density at radius 3 is 2.47 bits per heavy atom. The molecule has 0 spiro atoms. The largest absolute Gasteiger partial charge is 0.314 e. The molecule has 1 N–H and O–H groups in total. The number of rotatable bonds is 5. The van der Waals surface area contributed by atoms with Gasteiger partial charge in [-0.3, -0.25) is 0 Å². The van der Waals surface area contributed by atoms with Crippen LogP contribution in [0.5, 0.6) is 0 Å². The van der Waals surface area contributed by atoms with Crippen molar-refractivity contribution in [2.24, 2.45) is 0 Å². The maximum absolute atomic E-state index is 3.61. The van der Waals surface area contributed by atoms with Crippen molar-refractivity contribution in [3.63, 3.8) is 0 Å². The van der Waals surface area contributed by atoms with Gasteiger partial charge in [0.2, 0.25) is 0 Å². The Kier molecular flexibility index (Phi) is 4.35. The van der Waals surface area contributed by atoms with Crippen molar-refractivity contribution >= 4 is 0 Å². The molecule has 1 aromatic carbocycles. The smallest absolute Gasteiger partial charge is 0.00682 e. The highest BCUT2D eigenvalue weighted by Gasteiger charge is 2.20. The van der Waals surface area contributed by atoms with Crippen molar-refractivity contribution in [2.75, 3.05) is 6.54 Å². The second kappa shape index (κ2) is 5.66. The standard InChI is InChI=1S/C18H29N/c1-13(10-11-19-16-7-8-16)17-9-6-15(12-14(17)2)18(3,4)5/h6,9,12-13,16,19H,7-8,10-11H2,1-5H3. The minimum Gasteiger partial charge on any atom is -0.314 e. The zero-order chi connectivity index (χ0) is 14.0. The van der Waals surface area contributed by atoms with Crippen LogP contribution in [0.25, 0.3) is 0 Å². The van der Waals surface area contributed by atoms with Gasteiger partial charge < -0.3 is 5.32 Å². The predicted molar refractivity (Wildman–Crippen MR) is 83.9 cm³/mol. The number of hydrogen-bond donors (Lipinski definition) is 1. The van der Waals surface area contributed by atoms with Crippen molar-refractivity contribution in [1.82, 2.24) is 5.32 Å². The molecule has 19 heavy (non-hydrogen) atoms. The van der Waals surface area contributed by atoms with E-state index in [4.69, 9.17) is 0 Å². The lowest BCUT2D eigenvalue weighted by Gasteiger charge is -2.22. The van der Waals surface area contributed by atoms with Gasteiger partial charge in [0.05, 0.1) is 0 Å². The molecule has 1 atom stereocenters. The maximum Gasteiger partial charge on any atom is 0.00682 e. The maximum atomic E-state index is 3.61. The van der Waals surface area contributed by atoms with E-state index in [2.05, 4.69) is 58.1 Å². The van der Waals surface area contributed by atoms with Crippen LogP contribution < -0.4 is 5.32 Å². The summed E-state index contributed by atoms with van der Waals surface area (Å²) in [4.78, 5) is 0. The highest BCUT2D eigenvalue weighted by Crippen LogP contribution is 2.29. The fourth-order valence-corrected chi connectivity index (χ4v) is 2.64. The highest BCUT2D eigenvalue weighted by atomic mass is 14.9. The molecule has 0 heterocycles. The molecule has 1 unspecified atom stereocenters. The first kappa shape index (κ1) is 14.6. The van der Waals surface area contributed by atoms with Gasteiger partial charge in [-0.25, -0.2) is 0 Å². The molecule has 0 amide bonds. The van der Waals surface area contributed by atoms with E-state index < -0.39 is 0 Å². The summed E-state index contributed by atoms with van der Waals surface area (Å²) < 4.78 is 0. The van der Waals surface area contributed by atoms with Crippen molar-refractivity contribution in [1.29, 1.82) is 0 Å². The lowest BCUT2D eigenvalue weighted by atomic mass is 9.83. The first-order valence-electron chi connectivity index (χ1n) is 7.72. The molecule has 0 radical (unpaired) electrons. The van der Waals surface area contributed by atoms with Gasteiger partial charge in [-0.15, -0.1) is 0 Å². The van der Waals surface area contributed by atoms with E-state index in [1.807, 2.05) is 0 Å². The Morgan fingerprint density at radius 1 is 1.26 bits per heavy atom. The molecule has 1 heteroatoms. The Labute approximate surface area is 118 Å². The van der Waals surface area contributed by atoms with Gasteiger partial charge in [-0.05, 0) is 60.8 Å². The second-order valence-electron chi connectivity index (χ2n) is 7.24. The van der Waals surface area contributed by atoms with Gasteiger partial charge in [0.1, 0.15) is 0 Å². The van der Waals surface area contributed by atoms with Crippen LogP contribution in [0.15, 0.2) is 18.2 Å². The Bertz CT molecular complexity index is 424. The number of aryl methyl sites for hydroxylation is 1. The molecule has 0 bridgehead atoms. The topological polar surface area (TPSA) is 12.0 Å². The van der Waals surface area contributed by atoms with E-state index in [1.165, 1.54) is 36.0 Å². The van der Waals surface area contributed by atoms with E-state index in [0.717, 1.165) is 12.6 Å². The quantitative estimate of drug-likeness (QED) is 0.818. The van der Waals surface area contributed by atoms with Gasteiger partial charge >= 0.3 is 0 Å². The molecule has 0 saturated heterocycles.